The average molecular weight is 319 g/mol. The van der Waals surface area contributed by atoms with Crippen molar-refractivity contribution in [1.29, 1.82) is 0 Å². The number of aromatic nitrogens is 1. The average Bonchev–Trinajstić information content (AvgIpc) is 2.88. The molecule has 0 atom stereocenters. The molecular weight excluding hydrogens is 298 g/mol. The largest absolute Gasteiger partial charge is 0.492 e. The van der Waals surface area contributed by atoms with Gasteiger partial charge in [0.15, 0.2) is 0 Å². The maximum atomic E-state index is 12.3. The van der Waals surface area contributed by atoms with Crippen LogP contribution in [0.25, 0.3) is 0 Å². The lowest BCUT2D eigenvalue weighted by Gasteiger charge is -2.07. The van der Waals surface area contributed by atoms with Crippen LogP contribution >= 0.6 is 11.3 Å². The number of anilines is 1. The number of nitrogens with two attached hydrogens (primary N) is 1. The molecule has 3 N–H and O–H groups in total. The van der Waals surface area contributed by atoms with E-state index >= 15 is 0 Å². The summed E-state index contributed by atoms with van der Waals surface area (Å²) in [6.07, 6.45) is 1.93. The number of hydrogen-bond donors (Lipinski definition) is 2. The van der Waals surface area contributed by atoms with Gasteiger partial charge in [-0.1, -0.05) is 6.92 Å². The molecule has 6 heteroatoms. The molecular formula is C16H21N3O2S. The minimum Gasteiger partial charge on any atom is -0.492 e. The molecule has 0 radical (unpaired) electrons. The summed E-state index contributed by atoms with van der Waals surface area (Å²) >= 11 is 1.46. The molecule has 0 saturated carbocycles. The Morgan fingerprint density at radius 2 is 2.09 bits per heavy atom. The van der Waals surface area contributed by atoms with Crippen molar-refractivity contribution in [3.63, 3.8) is 0 Å². The number of aryl methyl sites for hydroxylation is 2. The smallest absolute Gasteiger partial charge is 0.267 e. The number of rotatable bonds is 7. The lowest BCUT2D eigenvalue weighted by Crippen LogP contribution is -2.12. The summed E-state index contributed by atoms with van der Waals surface area (Å²) < 4.78 is 5.40. The van der Waals surface area contributed by atoms with Crippen LogP contribution in [0.2, 0.25) is 0 Å². The highest BCUT2D eigenvalue weighted by Crippen LogP contribution is 2.22. The fourth-order valence-electron chi connectivity index (χ4n) is 1.98. The summed E-state index contributed by atoms with van der Waals surface area (Å²) in [6.45, 7) is 4.92. The number of carbonyl (C=O) groups excluding carboxylic acids is 1. The van der Waals surface area contributed by atoms with Crippen molar-refractivity contribution in [2.24, 2.45) is 5.73 Å². The second-order valence-corrected chi connectivity index (χ2v) is 5.97. The van der Waals surface area contributed by atoms with E-state index < -0.39 is 0 Å². The van der Waals surface area contributed by atoms with Gasteiger partial charge >= 0.3 is 0 Å². The van der Waals surface area contributed by atoms with E-state index in [1.54, 1.807) is 0 Å². The van der Waals surface area contributed by atoms with Crippen LogP contribution in [-0.4, -0.2) is 24.0 Å². The summed E-state index contributed by atoms with van der Waals surface area (Å²) in [4.78, 5) is 17.4. The van der Waals surface area contributed by atoms with Gasteiger partial charge in [0.2, 0.25) is 0 Å². The van der Waals surface area contributed by atoms with Crippen molar-refractivity contribution < 1.29 is 9.53 Å². The van der Waals surface area contributed by atoms with Gasteiger partial charge in [0.25, 0.3) is 5.91 Å². The molecule has 1 aromatic carbocycles. The van der Waals surface area contributed by atoms with E-state index in [-0.39, 0.29) is 5.91 Å². The van der Waals surface area contributed by atoms with Crippen LogP contribution in [0.1, 0.15) is 33.7 Å². The van der Waals surface area contributed by atoms with Gasteiger partial charge in [0, 0.05) is 12.2 Å². The molecule has 118 valence electrons. The second kappa shape index (κ2) is 7.91. The first-order valence-corrected chi connectivity index (χ1v) is 8.16. The first-order chi connectivity index (χ1) is 10.6. The maximum absolute atomic E-state index is 12.3. The Morgan fingerprint density at radius 1 is 1.36 bits per heavy atom. The molecule has 0 spiro atoms. The minimum absolute atomic E-state index is 0.118. The number of amides is 1. The molecule has 0 aliphatic carbocycles. The first-order valence-electron chi connectivity index (χ1n) is 7.34. The molecule has 0 saturated heterocycles. The van der Waals surface area contributed by atoms with E-state index in [1.807, 2.05) is 31.2 Å². The van der Waals surface area contributed by atoms with Gasteiger partial charge in [-0.25, -0.2) is 4.98 Å². The fraction of sp³-hybridized carbons (Fsp3) is 0.375. The molecule has 1 aromatic heterocycles. The van der Waals surface area contributed by atoms with Gasteiger partial charge in [-0.3, -0.25) is 4.79 Å². The number of hydrogen-bond acceptors (Lipinski definition) is 5. The number of ether oxygens (including phenoxy) is 1. The van der Waals surface area contributed by atoms with Crippen LogP contribution in [0.5, 0.6) is 5.75 Å². The van der Waals surface area contributed by atoms with E-state index in [9.17, 15) is 4.79 Å². The van der Waals surface area contributed by atoms with Gasteiger partial charge in [-0.15, -0.1) is 11.3 Å². The molecule has 0 bridgehead atoms. The monoisotopic (exact) mass is 319 g/mol. The molecule has 22 heavy (non-hydrogen) atoms. The van der Waals surface area contributed by atoms with E-state index in [1.165, 1.54) is 11.3 Å². The highest BCUT2D eigenvalue weighted by atomic mass is 32.1. The molecule has 5 nitrogen and oxygen atoms in total. The molecule has 0 aliphatic rings. The van der Waals surface area contributed by atoms with Crippen LogP contribution in [0.15, 0.2) is 24.3 Å². The van der Waals surface area contributed by atoms with E-state index in [0.717, 1.165) is 35.0 Å². The van der Waals surface area contributed by atoms with Crippen molar-refractivity contribution in [2.75, 3.05) is 18.5 Å². The third-order valence-corrected chi connectivity index (χ3v) is 4.23. The van der Waals surface area contributed by atoms with Crippen LogP contribution in [0.3, 0.4) is 0 Å². The van der Waals surface area contributed by atoms with Crippen LogP contribution in [0.4, 0.5) is 5.69 Å². The summed E-state index contributed by atoms with van der Waals surface area (Å²) in [6, 6.07) is 7.25. The zero-order chi connectivity index (χ0) is 15.9. The standard InChI is InChI=1S/C16H21N3O2S/c1-3-4-14-18-11(2)15(22-14)16(20)19-12-5-7-13(8-6-12)21-10-9-17/h5-8H,3-4,9-10,17H2,1-2H3,(H,19,20). The van der Waals surface area contributed by atoms with Crippen LogP contribution in [0, 0.1) is 6.92 Å². The van der Waals surface area contributed by atoms with Crippen molar-refractivity contribution in [1.82, 2.24) is 4.98 Å². The second-order valence-electron chi connectivity index (χ2n) is 4.89. The Bertz CT molecular complexity index is 623. The zero-order valence-electron chi connectivity index (χ0n) is 12.9. The van der Waals surface area contributed by atoms with Crippen molar-refractivity contribution >= 4 is 22.9 Å². The van der Waals surface area contributed by atoms with Gasteiger partial charge in [-0.2, -0.15) is 0 Å². The molecule has 0 aliphatic heterocycles. The topological polar surface area (TPSA) is 77.2 Å². The van der Waals surface area contributed by atoms with E-state index in [2.05, 4.69) is 17.2 Å². The predicted molar refractivity (Wildman–Crippen MR) is 89.8 cm³/mol. The van der Waals surface area contributed by atoms with E-state index in [0.29, 0.717) is 18.0 Å². The summed E-state index contributed by atoms with van der Waals surface area (Å²) in [5.41, 5.74) is 6.90. The SMILES string of the molecule is CCCc1nc(C)c(C(=O)Nc2ccc(OCCN)cc2)s1. The van der Waals surface area contributed by atoms with Gasteiger partial charge in [0.1, 0.15) is 17.2 Å². The van der Waals surface area contributed by atoms with Gasteiger partial charge < -0.3 is 15.8 Å². The van der Waals surface area contributed by atoms with Gasteiger partial charge in [0.05, 0.1) is 10.7 Å². The number of carbonyl (C=O) groups is 1. The minimum atomic E-state index is -0.118. The Labute approximate surface area is 134 Å². The van der Waals surface area contributed by atoms with Crippen molar-refractivity contribution in [3.05, 3.63) is 39.8 Å². The zero-order valence-corrected chi connectivity index (χ0v) is 13.7. The molecule has 1 heterocycles. The molecule has 2 aromatic rings. The van der Waals surface area contributed by atoms with Gasteiger partial charge in [-0.05, 0) is 44.0 Å². The van der Waals surface area contributed by atoms with Crippen molar-refractivity contribution in [2.45, 2.75) is 26.7 Å². The summed E-state index contributed by atoms with van der Waals surface area (Å²) in [7, 11) is 0. The number of nitrogens with one attached hydrogen (secondary N) is 1. The van der Waals surface area contributed by atoms with Crippen LogP contribution < -0.4 is 15.8 Å². The number of benzene rings is 1. The Hall–Kier alpha value is -1.92. The third-order valence-electron chi connectivity index (χ3n) is 3.01. The van der Waals surface area contributed by atoms with Crippen molar-refractivity contribution in [3.8, 4) is 5.75 Å². The highest BCUT2D eigenvalue weighted by molar-refractivity contribution is 7.13. The number of thiazole rings is 1. The summed E-state index contributed by atoms with van der Waals surface area (Å²) in [5, 5.41) is 3.90. The fourth-order valence-corrected chi connectivity index (χ4v) is 3.04. The highest BCUT2D eigenvalue weighted by Gasteiger charge is 2.15. The maximum Gasteiger partial charge on any atom is 0.267 e. The van der Waals surface area contributed by atoms with Crippen LogP contribution in [-0.2, 0) is 6.42 Å². The molecule has 0 unspecified atom stereocenters. The molecule has 1 amide bonds. The first kappa shape index (κ1) is 16.5. The lowest BCUT2D eigenvalue weighted by atomic mass is 10.3. The Kier molecular flexibility index (Phi) is 5.91. The number of nitrogens with zero attached hydrogens (tertiary/aromatic N) is 1. The lowest BCUT2D eigenvalue weighted by molar-refractivity contribution is 0.103. The molecule has 2 rings (SSSR count). The Balaban J connectivity index is 2.02. The van der Waals surface area contributed by atoms with E-state index in [4.69, 9.17) is 10.5 Å². The Morgan fingerprint density at radius 3 is 2.73 bits per heavy atom. The predicted octanol–water partition coefficient (Wildman–Crippen LogP) is 2.99. The molecule has 0 fully saturated rings. The third kappa shape index (κ3) is 4.29. The normalized spacial score (nSPS) is 10.5. The summed E-state index contributed by atoms with van der Waals surface area (Å²) in [5.74, 6) is 0.621. The quantitative estimate of drug-likeness (QED) is 0.822.